The zero-order valence-electron chi connectivity index (χ0n) is 10.2. The first kappa shape index (κ1) is 15.5. The van der Waals surface area contributed by atoms with Crippen molar-refractivity contribution in [2.75, 3.05) is 0 Å². The van der Waals surface area contributed by atoms with Crippen molar-refractivity contribution in [2.45, 2.75) is 32.1 Å². The van der Waals surface area contributed by atoms with Crippen molar-refractivity contribution >= 4 is 27.7 Å². The number of rotatable bonds is 7. The van der Waals surface area contributed by atoms with E-state index < -0.39 is 5.97 Å². The number of unbranched alkanes of at least 4 members (excludes halogenated alkanes) is 2. The van der Waals surface area contributed by atoms with Gasteiger partial charge in [0.15, 0.2) is 5.78 Å². The van der Waals surface area contributed by atoms with Gasteiger partial charge in [0.2, 0.25) is 0 Å². The van der Waals surface area contributed by atoms with Gasteiger partial charge in [-0.2, -0.15) is 0 Å². The highest BCUT2D eigenvalue weighted by molar-refractivity contribution is 9.10. The Morgan fingerprint density at radius 1 is 1.00 bits per heavy atom. The number of hydrogen-bond acceptors (Lipinski definition) is 4. The molecule has 0 radical (unpaired) electrons. The fourth-order valence-corrected chi connectivity index (χ4v) is 1.99. The number of aromatic hydroxyl groups is 2. The van der Waals surface area contributed by atoms with Gasteiger partial charge >= 0.3 is 5.97 Å². The Kier molecular flexibility index (Phi) is 5.82. The van der Waals surface area contributed by atoms with Crippen LogP contribution in [0.5, 0.6) is 11.5 Å². The van der Waals surface area contributed by atoms with E-state index in [1.807, 2.05) is 0 Å². The zero-order valence-corrected chi connectivity index (χ0v) is 11.8. The van der Waals surface area contributed by atoms with Crippen LogP contribution in [0.2, 0.25) is 0 Å². The van der Waals surface area contributed by atoms with E-state index in [0.717, 1.165) is 6.07 Å². The van der Waals surface area contributed by atoms with Crippen molar-refractivity contribution in [2.24, 2.45) is 0 Å². The average molecular weight is 331 g/mol. The van der Waals surface area contributed by atoms with Crippen LogP contribution in [0.1, 0.15) is 42.5 Å². The second-order valence-electron chi connectivity index (χ2n) is 4.20. The summed E-state index contributed by atoms with van der Waals surface area (Å²) in [6, 6.07) is 2.49. The van der Waals surface area contributed by atoms with Crippen LogP contribution in [0.3, 0.4) is 0 Å². The van der Waals surface area contributed by atoms with Gasteiger partial charge in [0.05, 0.1) is 10.0 Å². The smallest absolute Gasteiger partial charge is 0.303 e. The number of hydrogen-bond donors (Lipinski definition) is 3. The van der Waals surface area contributed by atoms with Crippen LogP contribution in [0.15, 0.2) is 16.6 Å². The fourth-order valence-electron chi connectivity index (χ4n) is 1.65. The molecule has 0 heterocycles. The predicted molar refractivity (Wildman–Crippen MR) is 72.5 cm³/mol. The van der Waals surface area contributed by atoms with Crippen LogP contribution >= 0.6 is 15.9 Å². The van der Waals surface area contributed by atoms with Gasteiger partial charge < -0.3 is 15.3 Å². The van der Waals surface area contributed by atoms with Crippen molar-refractivity contribution in [1.82, 2.24) is 0 Å². The molecule has 0 unspecified atom stereocenters. The van der Waals surface area contributed by atoms with Crippen molar-refractivity contribution < 1.29 is 24.9 Å². The monoisotopic (exact) mass is 330 g/mol. The number of carbonyl (C=O) groups excluding carboxylic acids is 1. The predicted octanol–water partition coefficient (Wildman–Crippen LogP) is 3.08. The van der Waals surface area contributed by atoms with Gasteiger partial charge in [-0.25, -0.2) is 0 Å². The van der Waals surface area contributed by atoms with Gasteiger partial charge in [-0.15, -0.1) is 0 Å². The molecular formula is C13H15BrO5. The molecule has 0 spiro atoms. The normalized spacial score (nSPS) is 10.4. The molecule has 1 rings (SSSR count). The van der Waals surface area contributed by atoms with E-state index in [-0.39, 0.29) is 35.7 Å². The molecule has 5 nitrogen and oxygen atoms in total. The topological polar surface area (TPSA) is 94.8 Å². The molecule has 0 atom stereocenters. The van der Waals surface area contributed by atoms with Gasteiger partial charge in [-0.3, -0.25) is 9.59 Å². The molecule has 0 aliphatic carbocycles. The second kappa shape index (κ2) is 7.13. The molecule has 0 aliphatic rings. The number of Topliss-reactive ketones (excluding diaryl/α,β-unsaturated/α-hetero) is 1. The minimum Gasteiger partial charge on any atom is -0.507 e. The van der Waals surface area contributed by atoms with Crippen molar-refractivity contribution in [3.05, 3.63) is 22.2 Å². The van der Waals surface area contributed by atoms with Crippen LogP contribution in [0, 0.1) is 0 Å². The Bertz CT molecular complexity index is 484. The SMILES string of the molecule is O=C(O)CCCCCC(=O)c1cc(Br)c(O)cc1O. The van der Waals surface area contributed by atoms with Gasteiger partial charge in [0.1, 0.15) is 11.5 Å². The third-order valence-corrected chi connectivity index (χ3v) is 3.30. The summed E-state index contributed by atoms with van der Waals surface area (Å²) in [5.41, 5.74) is 0.155. The number of phenols is 2. The lowest BCUT2D eigenvalue weighted by molar-refractivity contribution is -0.137. The number of ketones is 1. The minimum atomic E-state index is -0.841. The van der Waals surface area contributed by atoms with Crippen LogP contribution in [0.4, 0.5) is 0 Å². The second-order valence-corrected chi connectivity index (χ2v) is 5.05. The lowest BCUT2D eigenvalue weighted by Crippen LogP contribution is -2.00. The van der Waals surface area contributed by atoms with Gasteiger partial charge in [-0.05, 0) is 34.8 Å². The van der Waals surface area contributed by atoms with Gasteiger partial charge in [0.25, 0.3) is 0 Å². The van der Waals surface area contributed by atoms with Crippen LogP contribution in [-0.2, 0) is 4.79 Å². The fraction of sp³-hybridized carbons (Fsp3) is 0.385. The summed E-state index contributed by atoms with van der Waals surface area (Å²) in [6.45, 7) is 0. The number of benzene rings is 1. The summed E-state index contributed by atoms with van der Waals surface area (Å²) in [7, 11) is 0. The molecule has 0 bridgehead atoms. The third-order valence-electron chi connectivity index (χ3n) is 2.66. The van der Waals surface area contributed by atoms with E-state index in [0.29, 0.717) is 23.7 Å². The van der Waals surface area contributed by atoms with Crippen LogP contribution < -0.4 is 0 Å². The van der Waals surface area contributed by atoms with E-state index in [1.165, 1.54) is 6.07 Å². The standard InChI is InChI=1S/C13H15BrO5/c14-9-6-8(11(16)7-12(9)17)10(15)4-2-1-3-5-13(18)19/h6-7,16-17H,1-5H2,(H,18,19). The van der Waals surface area contributed by atoms with Crippen molar-refractivity contribution in [3.63, 3.8) is 0 Å². The Morgan fingerprint density at radius 3 is 2.26 bits per heavy atom. The molecule has 1 aromatic carbocycles. The molecule has 0 saturated heterocycles. The summed E-state index contributed by atoms with van der Waals surface area (Å²) >= 11 is 3.08. The molecule has 19 heavy (non-hydrogen) atoms. The van der Waals surface area contributed by atoms with E-state index in [1.54, 1.807) is 0 Å². The minimum absolute atomic E-state index is 0.101. The van der Waals surface area contributed by atoms with Gasteiger partial charge in [-0.1, -0.05) is 6.42 Å². The van der Waals surface area contributed by atoms with Gasteiger partial charge in [0, 0.05) is 18.9 Å². The molecule has 104 valence electrons. The number of phenolic OH excluding ortho intramolecular Hbond substituents is 2. The molecule has 0 amide bonds. The highest BCUT2D eigenvalue weighted by Crippen LogP contribution is 2.32. The molecule has 3 N–H and O–H groups in total. The highest BCUT2D eigenvalue weighted by Gasteiger charge is 2.14. The number of aliphatic carboxylic acids is 1. The first-order chi connectivity index (χ1) is 8.91. The average Bonchev–Trinajstić information content (AvgIpc) is 2.32. The Hall–Kier alpha value is -1.56. The quantitative estimate of drug-likeness (QED) is 0.527. The maximum absolute atomic E-state index is 11.8. The highest BCUT2D eigenvalue weighted by atomic mass is 79.9. The number of halogens is 1. The first-order valence-corrected chi connectivity index (χ1v) is 6.67. The summed E-state index contributed by atoms with van der Waals surface area (Å²) in [5.74, 6) is -1.45. The number of carboxylic acids is 1. The van der Waals surface area contributed by atoms with Crippen LogP contribution in [-0.4, -0.2) is 27.1 Å². The van der Waals surface area contributed by atoms with Crippen LogP contribution in [0.25, 0.3) is 0 Å². The Morgan fingerprint density at radius 2 is 1.63 bits per heavy atom. The molecule has 6 heteroatoms. The molecule has 0 saturated carbocycles. The number of carboxylic acid groups (broad SMARTS) is 1. The van der Waals surface area contributed by atoms with E-state index in [4.69, 9.17) is 5.11 Å². The first-order valence-electron chi connectivity index (χ1n) is 5.88. The lowest BCUT2D eigenvalue weighted by Gasteiger charge is -2.06. The maximum atomic E-state index is 11.8. The summed E-state index contributed by atoms with van der Waals surface area (Å²) in [4.78, 5) is 22.2. The van der Waals surface area contributed by atoms with E-state index >= 15 is 0 Å². The third kappa shape index (κ3) is 4.90. The Balaban J connectivity index is 2.50. The van der Waals surface area contributed by atoms with Crippen molar-refractivity contribution in [1.29, 1.82) is 0 Å². The molecule has 1 aromatic rings. The summed E-state index contributed by atoms with van der Waals surface area (Å²) in [6.07, 6.45) is 2.10. The molecule has 0 aliphatic heterocycles. The van der Waals surface area contributed by atoms with Crippen molar-refractivity contribution in [3.8, 4) is 11.5 Å². The summed E-state index contributed by atoms with van der Waals surface area (Å²) in [5, 5.41) is 27.4. The molecular weight excluding hydrogens is 316 g/mol. The van der Waals surface area contributed by atoms with E-state index in [2.05, 4.69) is 15.9 Å². The Labute approximate surface area is 119 Å². The van der Waals surface area contributed by atoms with E-state index in [9.17, 15) is 19.8 Å². The molecule has 0 aromatic heterocycles. The maximum Gasteiger partial charge on any atom is 0.303 e. The zero-order chi connectivity index (χ0) is 14.4. The number of carbonyl (C=O) groups is 2. The largest absolute Gasteiger partial charge is 0.507 e. The lowest BCUT2D eigenvalue weighted by atomic mass is 10.0. The molecule has 0 fully saturated rings. The summed E-state index contributed by atoms with van der Waals surface area (Å²) < 4.78 is 0.347.